The molecule has 0 bridgehead atoms. The number of aliphatic hydroxyl groups is 1. The summed E-state index contributed by atoms with van der Waals surface area (Å²) in [7, 11) is 1.34. The second-order valence-corrected chi connectivity index (χ2v) is 7.02. The molecule has 27 heavy (non-hydrogen) atoms. The van der Waals surface area contributed by atoms with Gasteiger partial charge in [-0.1, -0.05) is 6.07 Å². The molecule has 1 atom stereocenters. The molecular formula is C19H21F2NO4S. The zero-order valence-electron chi connectivity index (χ0n) is 15.3. The molecule has 0 aliphatic carbocycles. The molecule has 2 aromatic rings. The molecule has 146 valence electrons. The lowest BCUT2D eigenvalue weighted by Gasteiger charge is -2.15. The maximum absolute atomic E-state index is 14.3. The van der Waals surface area contributed by atoms with Crippen LogP contribution in [0.1, 0.15) is 28.5 Å². The number of halogens is 2. The monoisotopic (exact) mass is 397 g/mol. The van der Waals surface area contributed by atoms with E-state index in [-0.39, 0.29) is 36.5 Å². The molecule has 0 aliphatic heterocycles. The smallest absolute Gasteiger partial charge is 0.286 e. The van der Waals surface area contributed by atoms with Crippen molar-refractivity contribution >= 4 is 17.5 Å². The van der Waals surface area contributed by atoms with E-state index in [9.17, 15) is 23.5 Å². The molecule has 5 nitrogen and oxygen atoms in total. The minimum atomic E-state index is -1.07. The number of carbonyl (C=O) groups is 1. The predicted octanol–water partition coefficient (Wildman–Crippen LogP) is 2.56. The topological polar surface area (TPSA) is 68.5 Å². The highest BCUT2D eigenvalue weighted by Crippen LogP contribution is 2.22. The third kappa shape index (κ3) is 5.24. The lowest BCUT2D eigenvalue weighted by atomic mass is 10.0. The number of thioether (sulfide) groups is 1. The van der Waals surface area contributed by atoms with E-state index in [0.717, 1.165) is 15.5 Å². The van der Waals surface area contributed by atoms with Crippen molar-refractivity contribution in [1.29, 1.82) is 0 Å². The third-order valence-corrected chi connectivity index (χ3v) is 4.73. The number of hydrogen-bond donors (Lipinski definition) is 1. The Balaban J connectivity index is 2.41. The Morgan fingerprint density at radius 3 is 2.59 bits per heavy atom. The van der Waals surface area contributed by atoms with Gasteiger partial charge in [0, 0.05) is 29.6 Å². The van der Waals surface area contributed by atoms with E-state index < -0.39 is 29.1 Å². The molecule has 0 spiro atoms. The Bertz CT molecular complexity index is 896. The Labute approximate surface area is 160 Å². The molecule has 1 aromatic heterocycles. The van der Waals surface area contributed by atoms with Crippen molar-refractivity contribution in [2.45, 2.75) is 24.3 Å². The second-order valence-electron chi connectivity index (χ2n) is 6.14. The second kappa shape index (κ2) is 9.25. The minimum Gasteiger partial charge on any atom is -0.391 e. The summed E-state index contributed by atoms with van der Waals surface area (Å²) in [5.41, 5.74) is -0.461. The summed E-state index contributed by atoms with van der Waals surface area (Å²) in [6, 6.07) is 5.54. The molecule has 2 rings (SSSR count). The Hall–Kier alpha value is -2.03. The van der Waals surface area contributed by atoms with Gasteiger partial charge >= 0.3 is 0 Å². The molecule has 0 unspecified atom stereocenters. The molecule has 0 amide bonds. The maximum atomic E-state index is 14.3. The predicted molar refractivity (Wildman–Crippen MR) is 99.5 cm³/mol. The van der Waals surface area contributed by atoms with Gasteiger partial charge < -0.3 is 14.4 Å². The molecule has 8 heteroatoms. The van der Waals surface area contributed by atoms with Crippen molar-refractivity contribution in [1.82, 2.24) is 4.57 Å². The third-order valence-electron chi connectivity index (χ3n) is 4.01. The zero-order valence-corrected chi connectivity index (χ0v) is 16.1. The number of aliphatic hydroxyl groups excluding tert-OH is 1. The molecular weight excluding hydrogens is 376 g/mol. The van der Waals surface area contributed by atoms with Gasteiger partial charge in [-0.3, -0.25) is 9.59 Å². The number of pyridine rings is 1. The van der Waals surface area contributed by atoms with Gasteiger partial charge in [-0.05, 0) is 36.9 Å². The Kier molecular flexibility index (Phi) is 7.29. The van der Waals surface area contributed by atoms with Crippen LogP contribution in [0, 0.1) is 11.6 Å². The van der Waals surface area contributed by atoms with Crippen LogP contribution in [0.2, 0.25) is 0 Å². The fourth-order valence-corrected chi connectivity index (χ4v) is 2.99. The maximum Gasteiger partial charge on any atom is 0.286 e. The van der Waals surface area contributed by atoms with E-state index in [1.807, 2.05) is 6.26 Å². The van der Waals surface area contributed by atoms with Crippen molar-refractivity contribution in [3.05, 3.63) is 63.1 Å². The molecule has 0 aliphatic rings. The summed E-state index contributed by atoms with van der Waals surface area (Å²) in [5, 5.41) is 9.20. The molecule has 1 aromatic carbocycles. The van der Waals surface area contributed by atoms with E-state index in [1.54, 1.807) is 12.1 Å². The van der Waals surface area contributed by atoms with Gasteiger partial charge in [0.15, 0.2) is 11.6 Å². The number of rotatable bonds is 8. The van der Waals surface area contributed by atoms with Gasteiger partial charge in [0.05, 0.1) is 12.7 Å². The summed E-state index contributed by atoms with van der Waals surface area (Å²) in [5.74, 6) is -2.10. The SMILES string of the molecule is CSc1ccc(Cc2c(C(=O)COC[C@H](C)O)cc(F)c(=O)n2C)c(F)c1. The van der Waals surface area contributed by atoms with Gasteiger partial charge in [-0.2, -0.15) is 0 Å². The van der Waals surface area contributed by atoms with E-state index in [0.29, 0.717) is 0 Å². The molecule has 0 saturated heterocycles. The highest BCUT2D eigenvalue weighted by Gasteiger charge is 2.20. The first kappa shape index (κ1) is 21.3. The fourth-order valence-electron chi connectivity index (χ4n) is 2.57. The molecule has 1 heterocycles. The Morgan fingerprint density at radius 2 is 2.00 bits per heavy atom. The number of benzene rings is 1. The Morgan fingerprint density at radius 1 is 1.30 bits per heavy atom. The van der Waals surface area contributed by atoms with Crippen LogP contribution in [0.15, 0.2) is 34.0 Å². The lowest BCUT2D eigenvalue weighted by Crippen LogP contribution is -2.28. The van der Waals surface area contributed by atoms with Crippen LogP contribution in [0.3, 0.4) is 0 Å². The minimum absolute atomic E-state index is 0.0477. The normalized spacial score (nSPS) is 12.2. The first-order valence-corrected chi connectivity index (χ1v) is 9.46. The number of aromatic nitrogens is 1. The van der Waals surface area contributed by atoms with Crippen molar-refractivity contribution in [3.8, 4) is 0 Å². The van der Waals surface area contributed by atoms with Crippen molar-refractivity contribution in [3.63, 3.8) is 0 Å². The number of ketones is 1. The zero-order chi connectivity index (χ0) is 20.1. The first-order chi connectivity index (χ1) is 12.7. The quantitative estimate of drug-likeness (QED) is 0.548. The largest absolute Gasteiger partial charge is 0.391 e. The fraction of sp³-hybridized carbons (Fsp3) is 0.368. The van der Waals surface area contributed by atoms with Crippen molar-refractivity contribution < 1.29 is 23.4 Å². The summed E-state index contributed by atoms with van der Waals surface area (Å²) in [4.78, 5) is 25.2. The van der Waals surface area contributed by atoms with Crippen LogP contribution < -0.4 is 5.56 Å². The van der Waals surface area contributed by atoms with E-state index >= 15 is 0 Å². The molecule has 1 N–H and O–H groups in total. The molecule has 0 fully saturated rings. The standard InChI is InChI=1S/C19H21F2NO4S/c1-11(23)9-26-10-18(24)14-8-16(21)19(25)22(2)17(14)6-12-4-5-13(27-3)7-15(12)20/h4-5,7-8,11,23H,6,9-10H2,1-3H3/t11-/m0/s1. The highest BCUT2D eigenvalue weighted by atomic mass is 32.2. The van der Waals surface area contributed by atoms with E-state index in [4.69, 9.17) is 4.74 Å². The summed E-state index contributed by atoms with van der Waals surface area (Å²) in [6.07, 6.45) is 1.02. The van der Waals surface area contributed by atoms with E-state index in [2.05, 4.69) is 0 Å². The highest BCUT2D eigenvalue weighted by molar-refractivity contribution is 7.98. The number of hydrogen-bond acceptors (Lipinski definition) is 5. The van der Waals surface area contributed by atoms with Crippen molar-refractivity contribution in [2.24, 2.45) is 7.05 Å². The van der Waals surface area contributed by atoms with Gasteiger partial charge in [0.1, 0.15) is 12.4 Å². The summed E-state index contributed by atoms with van der Waals surface area (Å²) in [6.45, 7) is 1.06. The number of carbonyl (C=O) groups excluding carboxylic acids is 1. The molecule has 0 saturated carbocycles. The van der Waals surface area contributed by atoms with Gasteiger partial charge in [-0.25, -0.2) is 8.78 Å². The molecule has 0 radical (unpaired) electrons. The van der Waals surface area contributed by atoms with Gasteiger partial charge in [0.25, 0.3) is 5.56 Å². The number of nitrogens with zero attached hydrogens (tertiary/aromatic N) is 1. The number of ether oxygens (including phenoxy) is 1. The summed E-state index contributed by atoms with van der Waals surface area (Å²) >= 11 is 1.39. The van der Waals surface area contributed by atoms with Crippen LogP contribution in [-0.4, -0.2) is 41.0 Å². The van der Waals surface area contributed by atoms with Crippen molar-refractivity contribution in [2.75, 3.05) is 19.5 Å². The van der Waals surface area contributed by atoms with Crippen LogP contribution in [0.4, 0.5) is 8.78 Å². The van der Waals surface area contributed by atoms with Crippen LogP contribution in [-0.2, 0) is 18.2 Å². The van der Waals surface area contributed by atoms with Gasteiger partial charge in [0.2, 0.25) is 0 Å². The van der Waals surface area contributed by atoms with Gasteiger partial charge in [-0.15, -0.1) is 11.8 Å². The lowest BCUT2D eigenvalue weighted by molar-refractivity contribution is 0.0423. The van der Waals surface area contributed by atoms with Crippen LogP contribution in [0.5, 0.6) is 0 Å². The first-order valence-electron chi connectivity index (χ1n) is 8.24. The van der Waals surface area contributed by atoms with Crippen LogP contribution in [0.25, 0.3) is 0 Å². The number of Topliss-reactive ketones (excluding diaryl/α,β-unsaturated/α-hetero) is 1. The van der Waals surface area contributed by atoms with Crippen LogP contribution >= 0.6 is 11.8 Å². The average molecular weight is 397 g/mol. The summed E-state index contributed by atoms with van der Waals surface area (Å²) < 4.78 is 34.4. The van der Waals surface area contributed by atoms with E-state index in [1.165, 1.54) is 31.8 Å². The average Bonchev–Trinajstić information content (AvgIpc) is 2.62.